The van der Waals surface area contributed by atoms with Crippen LogP contribution in [0, 0.1) is 0 Å². The summed E-state index contributed by atoms with van der Waals surface area (Å²) in [4.78, 5) is 10.5. The van der Waals surface area contributed by atoms with Crippen molar-refractivity contribution < 1.29 is 4.79 Å². The summed E-state index contributed by atoms with van der Waals surface area (Å²) >= 11 is 0. The number of primary amides is 1. The van der Waals surface area contributed by atoms with Crippen LogP contribution in [0.4, 0.5) is 0 Å². The predicted molar refractivity (Wildman–Crippen MR) is 58.2 cm³/mol. The molecular formula is C10H18N4O. The quantitative estimate of drug-likeness (QED) is 0.696. The number of nitrogens with one attached hydrogen (secondary N) is 1. The topological polar surface area (TPSA) is 72.9 Å². The Balaban J connectivity index is 2.58. The lowest BCUT2D eigenvalue weighted by Gasteiger charge is -2.04. The SMILES string of the molecule is CCc1cc(CNCC(N)=O)n(CC)n1. The van der Waals surface area contributed by atoms with Crippen LogP contribution in [0.3, 0.4) is 0 Å². The number of amides is 1. The van der Waals surface area contributed by atoms with Gasteiger partial charge >= 0.3 is 0 Å². The van der Waals surface area contributed by atoms with E-state index >= 15 is 0 Å². The molecule has 0 aliphatic carbocycles. The molecule has 0 aromatic carbocycles. The fourth-order valence-electron chi connectivity index (χ4n) is 1.42. The Kier molecular flexibility index (Phi) is 4.30. The Hall–Kier alpha value is -1.36. The molecule has 1 aromatic rings. The Labute approximate surface area is 89.6 Å². The average Bonchev–Trinajstić information content (AvgIpc) is 2.60. The van der Waals surface area contributed by atoms with Crippen molar-refractivity contribution in [3.05, 3.63) is 17.5 Å². The molecule has 0 radical (unpaired) electrons. The van der Waals surface area contributed by atoms with E-state index in [0.717, 1.165) is 24.4 Å². The van der Waals surface area contributed by atoms with Crippen LogP contribution in [0.1, 0.15) is 25.2 Å². The van der Waals surface area contributed by atoms with Crippen molar-refractivity contribution >= 4 is 5.91 Å². The third kappa shape index (κ3) is 3.36. The minimum absolute atomic E-state index is 0.205. The van der Waals surface area contributed by atoms with Gasteiger partial charge < -0.3 is 11.1 Å². The zero-order chi connectivity index (χ0) is 11.3. The zero-order valence-electron chi connectivity index (χ0n) is 9.29. The predicted octanol–water partition coefficient (Wildman–Crippen LogP) is 0.0403. The van der Waals surface area contributed by atoms with Gasteiger partial charge in [-0.2, -0.15) is 5.10 Å². The highest BCUT2D eigenvalue weighted by Crippen LogP contribution is 2.04. The summed E-state index contributed by atoms with van der Waals surface area (Å²) in [6, 6.07) is 2.05. The highest BCUT2D eigenvalue weighted by atomic mass is 16.1. The summed E-state index contributed by atoms with van der Waals surface area (Å²) in [5.74, 6) is -0.340. The van der Waals surface area contributed by atoms with Gasteiger partial charge in [0.1, 0.15) is 0 Å². The van der Waals surface area contributed by atoms with Crippen LogP contribution >= 0.6 is 0 Å². The second-order valence-electron chi connectivity index (χ2n) is 3.37. The third-order valence-corrected chi connectivity index (χ3v) is 2.18. The van der Waals surface area contributed by atoms with Crippen LogP contribution < -0.4 is 11.1 Å². The molecule has 3 N–H and O–H groups in total. The molecular weight excluding hydrogens is 192 g/mol. The summed E-state index contributed by atoms with van der Waals surface area (Å²) < 4.78 is 1.94. The van der Waals surface area contributed by atoms with Crippen molar-refractivity contribution in [3.63, 3.8) is 0 Å². The maximum Gasteiger partial charge on any atom is 0.231 e. The van der Waals surface area contributed by atoms with Crippen LogP contribution in [0.25, 0.3) is 0 Å². The molecule has 0 saturated carbocycles. The summed E-state index contributed by atoms with van der Waals surface area (Å²) in [7, 11) is 0. The minimum atomic E-state index is -0.340. The Morgan fingerprint density at radius 3 is 2.87 bits per heavy atom. The number of carbonyl (C=O) groups excluding carboxylic acids is 1. The van der Waals surface area contributed by atoms with Crippen LogP contribution in [-0.2, 0) is 24.3 Å². The first-order valence-electron chi connectivity index (χ1n) is 5.22. The summed E-state index contributed by atoms with van der Waals surface area (Å²) in [5, 5.41) is 7.38. The first-order valence-corrected chi connectivity index (χ1v) is 5.22. The molecule has 0 fully saturated rings. The molecule has 5 heteroatoms. The summed E-state index contributed by atoms with van der Waals surface area (Å²) in [5.41, 5.74) is 7.20. The Morgan fingerprint density at radius 1 is 1.60 bits per heavy atom. The van der Waals surface area contributed by atoms with E-state index in [-0.39, 0.29) is 12.5 Å². The largest absolute Gasteiger partial charge is 0.369 e. The van der Waals surface area contributed by atoms with Gasteiger partial charge in [-0.25, -0.2) is 0 Å². The molecule has 1 aromatic heterocycles. The lowest BCUT2D eigenvalue weighted by atomic mass is 10.3. The molecule has 0 spiro atoms. The van der Waals surface area contributed by atoms with Crippen LogP contribution in [0.2, 0.25) is 0 Å². The third-order valence-electron chi connectivity index (χ3n) is 2.18. The van der Waals surface area contributed by atoms with Gasteiger partial charge in [0.2, 0.25) is 5.91 Å². The van der Waals surface area contributed by atoms with Gasteiger partial charge in [0.15, 0.2) is 0 Å². The lowest BCUT2D eigenvalue weighted by molar-refractivity contribution is -0.117. The van der Waals surface area contributed by atoms with Crippen molar-refractivity contribution in [2.75, 3.05) is 6.54 Å². The molecule has 1 amide bonds. The van der Waals surface area contributed by atoms with Gasteiger partial charge in [-0.1, -0.05) is 6.92 Å². The molecule has 5 nitrogen and oxygen atoms in total. The van der Waals surface area contributed by atoms with Gasteiger partial charge in [-0.3, -0.25) is 9.48 Å². The molecule has 0 saturated heterocycles. The number of nitrogens with two attached hydrogens (primary N) is 1. The fraction of sp³-hybridized carbons (Fsp3) is 0.600. The zero-order valence-corrected chi connectivity index (χ0v) is 9.29. The van der Waals surface area contributed by atoms with E-state index < -0.39 is 0 Å². The van der Waals surface area contributed by atoms with Crippen LogP contribution in [-0.4, -0.2) is 22.2 Å². The van der Waals surface area contributed by atoms with E-state index in [0.29, 0.717) is 6.54 Å². The first-order chi connectivity index (χ1) is 7.17. The summed E-state index contributed by atoms with van der Waals surface area (Å²) in [6.45, 7) is 5.79. The number of nitrogens with zero attached hydrogens (tertiary/aromatic N) is 2. The van der Waals surface area contributed by atoms with E-state index in [1.165, 1.54) is 0 Å². The van der Waals surface area contributed by atoms with Gasteiger partial charge in [0.05, 0.1) is 17.9 Å². The van der Waals surface area contributed by atoms with Gasteiger partial charge in [0, 0.05) is 13.1 Å². The maximum atomic E-state index is 10.5. The Bertz CT molecular complexity index is 332. The normalized spacial score (nSPS) is 10.5. The molecule has 0 unspecified atom stereocenters. The number of carbonyl (C=O) groups is 1. The van der Waals surface area contributed by atoms with E-state index in [1.807, 2.05) is 11.6 Å². The van der Waals surface area contributed by atoms with Crippen molar-refractivity contribution in [1.29, 1.82) is 0 Å². The molecule has 84 valence electrons. The van der Waals surface area contributed by atoms with Gasteiger partial charge in [-0.15, -0.1) is 0 Å². The molecule has 0 bridgehead atoms. The van der Waals surface area contributed by atoms with Crippen molar-refractivity contribution in [2.45, 2.75) is 33.4 Å². The molecule has 1 rings (SSSR count). The summed E-state index contributed by atoms with van der Waals surface area (Å²) in [6.07, 6.45) is 0.926. The molecule has 0 aliphatic rings. The van der Waals surface area contributed by atoms with Gasteiger partial charge in [-0.05, 0) is 19.4 Å². The van der Waals surface area contributed by atoms with E-state index in [1.54, 1.807) is 0 Å². The number of aromatic nitrogens is 2. The average molecular weight is 210 g/mol. The number of hydrogen-bond donors (Lipinski definition) is 2. The standard InChI is InChI=1S/C10H18N4O/c1-3-8-5-9(14(4-2)13-8)6-12-7-10(11)15/h5,12H,3-4,6-7H2,1-2H3,(H2,11,15). The highest BCUT2D eigenvalue weighted by molar-refractivity contribution is 5.75. The second kappa shape index (κ2) is 5.50. The van der Waals surface area contributed by atoms with Crippen molar-refractivity contribution in [3.8, 4) is 0 Å². The molecule has 1 heterocycles. The van der Waals surface area contributed by atoms with Crippen LogP contribution in [0.5, 0.6) is 0 Å². The van der Waals surface area contributed by atoms with E-state index in [4.69, 9.17) is 5.73 Å². The number of aryl methyl sites for hydroxylation is 2. The molecule has 15 heavy (non-hydrogen) atoms. The highest BCUT2D eigenvalue weighted by Gasteiger charge is 2.05. The van der Waals surface area contributed by atoms with Crippen molar-refractivity contribution in [1.82, 2.24) is 15.1 Å². The lowest BCUT2D eigenvalue weighted by Crippen LogP contribution is -2.28. The first kappa shape index (κ1) is 11.7. The monoisotopic (exact) mass is 210 g/mol. The number of hydrogen-bond acceptors (Lipinski definition) is 3. The van der Waals surface area contributed by atoms with Crippen LogP contribution in [0.15, 0.2) is 6.07 Å². The van der Waals surface area contributed by atoms with E-state index in [2.05, 4.69) is 23.4 Å². The minimum Gasteiger partial charge on any atom is -0.369 e. The molecule has 0 aliphatic heterocycles. The van der Waals surface area contributed by atoms with E-state index in [9.17, 15) is 4.79 Å². The maximum absolute atomic E-state index is 10.5. The molecule has 0 atom stereocenters. The number of rotatable bonds is 6. The fourth-order valence-corrected chi connectivity index (χ4v) is 1.42. The Morgan fingerprint density at radius 2 is 2.33 bits per heavy atom. The van der Waals surface area contributed by atoms with Crippen molar-refractivity contribution in [2.24, 2.45) is 5.73 Å². The smallest absolute Gasteiger partial charge is 0.231 e. The van der Waals surface area contributed by atoms with Gasteiger partial charge in [0.25, 0.3) is 0 Å². The second-order valence-corrected chi connectivity index (χ2v) is 3.37.